The first-order valence-electron chi connectivity index (χ1n) is 31.2. The van der Waals surface area contributed by atoms with Crippen LogP contribution in [0.4, 0.5) is 19.1 Å². The Morgan fingerprint density at radius 2 is 1.44 bits per heavy atom. The topological polar surface area (TPSA) is 380 Å². The molecule has 7 rings (SSSR count). The molecule has 538 valence electrons. The fourth-order valence-corrected chi connectivity index (χ4v) is 12.9. The van der Waals surface area contributed by atoms with Crippen LogP contribution in [0.1, 0.15) is 67.5 Å². The van der Waals surface area contributed by atoms with Gasteiger partial charge < -0.3 is 71.7 Å². The monoisotopic (exact) mass is 1450 g/mol. The maximum atomic E-state index is 17.6. The molecule has 0 bridgehead atoms. The van der Waals surface area contributed by atoms with Gasteiger partial charge in [0.1, 0.15) is 42.0 Å². The number of halogens is 2. The number of likely N-dealkylation sites (N-methyl/N-ethyl adjacent to an activating group) is 1. The number of hydroxylamine groups is 2. The number of thiophene rings is 1. The van der Waals surface area contributed by atoms with E-state index >= 15 is 8.63 Å². The number of fused-ring (bicyclic) bond motifs is 2. The number of aromatic nitrogens is 1. The van der Waals surface area contributed by atoms with Gasteiger partial charge in [-0.15, -0.1) is 11.3 Å². The van der Waals surface area contributed by atoms with Gasteiger partial charge in [0.05, 0.1) is 85.6 Å². The molecule has 1 saturated heterocycles. The van der Waals surface area contributed by atoms with Gasteiger partial charge in [0.2, 0.25) is 17.7 Å². The molecule has 37 heteroatoms. The largest absolute Gasteiger partial charge is 0.737 e. The second kappa shape index (κ2) is 32.8. The maximum Gasteiger partial charge on any atom is 0.737 e. The van der Waals surface area contributed by atoms with Crippen LogP contribution in [0.3, 0.4) is 0 Å². The van der Waals surface area contributed by atoms with Crippen LogP contribution in [0.5, 0.6) is 17.2 Å². The third-order valence-corrected chi connectivity index (χ3v) is 18.1. The number of ether oxygens (including phenoxy) is 4. The number of nitrogens with zero attached hydrogens (tertiary/aromatic N) is 7. The van der Waals surface area contributed by atoms with E-state index < -0.39 is 122 Å². The summed E-state index contributed by atoms with van der Waals surface area (Å²) in [5.41, 5.74) is 3.17. The number of carbonyl (C=O) groups is 7. The van der Waals surface area contributed by atoms with E-state index in [0.717, 1.165) is 57.0 Å². The van der Waals surface area contributed by atoms with Crippen molar-refractivity contribution >= 4 is 104 Å². The van der Waals surface area contributed by atoms with Crippen LogP contribution in [-0.2, 0) is 65.0 Å². The fourth-order valence-electron chi connectivity index (χ4n) is 10.9. The van der Waals surface area contributed by atoms with Crippen LogP contribution in [0.25, 0.3) is 22.7 Å². The second-order valence-corrected chi connectivity index (χ2v) is 29.6. The number of rotatable bonds is 36. The summed E-state index contributed by atoms with van der Waals surface area (Å²) in [4.78, 5) is 107. The summed E-state index contributed by atoms with van der Waals surface area (Å²) >= 11 is 1.39. The number of carbonyl (C=O) groups excluding carboxylic acids is 7. The Morgan fingerprint density at radius 1 is 0.828 bits per heavy atom. The van der Waals surface area contributed by atoms with Gasteiger partial charge in [-0.3, -0.25) is 52.8 Å². The van der Waals surface area contributed by atoms with E-state index in [4.69, 9.17) is 18.9 Å². The molecular weight excluding hydrogens is 1360 g/mol. The smallest absolute Gasteiger partial charge is 0.493 e. The molecule has 6 amide bonds. The molecule has 31 nitrogen and oxygen atoms in total. The first kappa shape index (κ1) is 77.4. The standard InChI is InChI=1S/C62H80BF2N11O20S3/c1-40(95-62(83)96-73-58(79)22-23-59(73)80)46-33-53(92-9)54(35-51(46)74(84)85)93-29-26-70(2)25-24-66-60(81)47(38-98(86,87)88)68-56(77)36-67-61(82)48(39-99(89,90)91)69-57(78)37-94-45-20-17-41(18-21-45)16-19-44-31-42(13-10-27-75(3,4)5)49-34-50-43(14-11-28-76(6,7)8)32-52(55-15-12-30-97-55)72(50)63(64,65)71(44)49/h12,15-21,30-35,40,47-48H,10-11,13-14,22-29,36-39H2,1-9H3,(H4-2,66,67,68,69,77,78,81,82,86,87,88,89,90,91)/p+2/b19-16+. The number of hydrogen-bond donors (Lipinski definition) is 6. The van der Waals surface area contributed by atoms with Gasteiger partial charge in [0.15, 0.2) is 29.5 Å². The van der Waals surface area contributed by atoms with E-state index in [1.165, 1.54) is 48.0 Å². The number of amides is 6. The van der Waals surface area contributed by atoms with Crippen molar-refractivity contribution in [1.29, 1.82) is 0 Å². The fraction of sp³-hybridized carbons (Fsp3) is 0.452. The predicted molar refractivity (Wildman–Crippen MR) is 359 cm³/mol. The number of allylic oxidation sites excluding steroid dienone is 3. The zero-order chi connectivity index (χ0) is 73.0. The minimum absolute atomic E-state index is 0.0252. The lowest BCUT2D eigenvalue weighted by molar-refractivity contribution is -0.870. The van der Waals surface area contributed by atoms with Crippen LogP contribution in [0.2, 0.25) is 0 Å². The van der Waals surface area contributed by atoms with Crippen molar-refractivity contribution in [2.24, 2.45) is 0 Å². The molecule has 99 heavy (non-hydrogen) atoms. The molecule has 5 heterocycles. The van der Waals surface area contributed by atoms with Crippen molar-refractivity contribution < 1.29 is 110 Å². The maximum absolute atomic E-state index is 17.6. The van der Waals surface area contributed by atoms with Gasteiger partial charge in [-0.25, -0.2) is 4.79 Å². The molecule has 1 fully saturated rings. The SMILES string of the molecule is COc1cc(C(C)OC(=O)ON2C(=O)CCC2=O)c([N+](=O)[O-])cc1OCCN(C)CCNC(=O)C(CS(=O)(=O)O)NC(=O)CNC(=O)C(CS(=O)(=O)O)NC(=O)COc1ccc(/C=C/C2=[N+]3C(=Cc4c(CCC[N+](C)(C)C)cc(-c5cccs5)n4[B-]3(F)F)C(CCC[N+](C)(C)C)=C2)cc1. The first-order chi connectivity index (χ1) is 46.3. The number of nitrogens with one attached hydrogen (secondary N) is 4. The van der Waals surface area contributed by atoms with Gasteiger partial charge in [-0.2, -0.15) is 16.8 Å². The van der Waals surface area contributed by atoms with Crippen LogP contribution < -0.4 is 35.5 Å². The number of hydrogen-bond acceptors (Lipinski definition) is 20. The Bertz CT molecular complexity index is 4060. The number of nitro benzene ring substituents is 1. The molecule has 6 N–H and O–H groups in total. The number of quaternary nitrogens is 2. The second-order valence-electron chi connectivity index (χ2n) is 25.7. The van der Waals surface area contributed by atoms with Crippen molar-refractivity contribution in [3.8, 4) is 27.8 Å². The Labute approximate surface area is 574 Å². The lowest BCUT2D eigenvalue weighted by Gasteiger charge is -2.31. The average Bonchev–Trinajstić information content (AvgIpc) is 1.57. The molecule has 2 aromatic heterocycles. The summed E-state index contributed by atoms with van der Waals surface area (Å²) in [5, 5.41) is 22.8. The number of aryl methyl sites for hydroxylation is 1. The van der Waals surface area contributed by atoms with E-state index in [1.807, 2.05) is 46.4 Å². The normalized spacial score (nSPS) is 15.6. The zero-order valence-electron chi connectivity index (χ0n) is 56.1. The third-order valence-electron chi connectivity index (χ3n) is 15.7. The highest BCUT2D eigenvalue weighted by atomic mass is 32.2. The van der Waals surface area contributed by atoms with Gasteiger partial charge in [-0.1, -0.05) is 23.3 Å². The summed E-state index contributed by atoms with van der Waals surface area (Å²) in [6.07, 6.45) is 6.55. The van der Waals surface area contributed by atoms with Gasteiger partial charge in [0.25, 0.3) is 43.6 Å². The number of imide groups is 1. The summed E-state index contributed by atoms with van der Waals surface area (Å²) < 4.78 is 128. The molecule has 3 aliphatic rings. The highest BCUT2D eigenvalue weighted by Crippen LogP contribution is 2.43. The number of benzene rings is 2. The predicted octanol–water partition coefficient (Wildman–Crippen LogP) is 3.59. The molecule has 0 radical (unpaired) electrons. The summed E-state index contributed by atoms with van der Waals surface area (Å²) in [6.45, 7) is -3.53. The quantitative estimate of drug-likeness (QED) is 0.00720. The van der Waals surface area contributed by atoms with Crippen LogP contribution in [0, 0.1) is 10.1 Å². The first-order valence-corrected chi connectivity index (χ1v) is 35.3. The molecule has 0 saturated carbocycles. The number of methoxy groups -OCH3 is 1. The molecule has 0 aliphatic carbocycles. The molecular formula is C62H82BF2N11O20S3+2. The highest BCUT2D eigenvalue weighted by Gasteiger charge is 2.54. The Kier molecular flexibility index (Phi) is 25.6. The van der Waals surface area contributed by atoms with E-state index in [2.05, 4.69) is 57.8 Å². The lowest BCUT2D eigenvalue weighted by Crippen LogP contribution is -2.55. The van der Waals surface area contributed by atoms with Crippen molar-refractivity contribution in [1.82, 2.24) is 35.7 Å². The minimum Gasteiger partial charge on any atom is -0.493 e. The Balaban J connectivity index is 0.913. The van der Waals surface area contributed by atoms with Gasteiger partial charge >= 0.3 is 13.1 Å². The molecule has 0 spiro atoms. The summed E-state index contributed by atoms with van der Waals surface area (Å²) in [7, 11) is 5.39. The summed E-state index contributed by atoms with van der Waals surface area (Å²) in [5.74, 6) is -9.01. The number of nitro groups is 1. The molecule has 4 aromatic rings. The molecule has 3 atom stereocenters. The lowest BCUT2D eigenvalue weighted by atomic mass is 9.88. The highest BCUT2D eigenvalue weighted by molar-refractivity contribution is 7.86. The minimum atomic E-state index is -4.99. The zero-order valence-corrected chi connectivity index (χ0v) is 58.5. The van der Waals surface area contributed by atoms with Crippen molar-refractivity contribution in [2.75, 3.05) is 120 Å². The summed E-state index contributed by atoms with van der Waals surface area (Å²) in [6, 6.07) is 9.95. The van der Waals surface area contributed by atoms with E-state index in [9.17, 15) is 69.6 Å². The third kappa shape index (κ3) is 22.3. The van der Waals surface area contributed by atoms with Crippen molar-refractivity contribution in [3.63, 3.8) is 0 Å². The Morgan fingerprint density at radius 3 is 2.03 bits per heavy atom. The van der Waals surface area contributed by atoms with Gasteiger partial charge in [-0.05, 0) is 79.7 Å². The van der Waals surface area contributed by atoms with E-state index in [0.29, 0.717) is 40.0 Å². The van der Waals surface area contributed by atoms with E-state index in [-0.39, 0.29) is 72.7 Å². The average molecular weight is 1450 g/mol. The molecule has 2 aromatic carbocycles. The van der Waals surface area contributed by atoms with E-state index in [1.54, 1.807) is 36.2 Å². The molecule has 3 aliphatic heterocycles. The van der Waals surface area contributed by atoms with Crippen LogP contribution in [-0.4, -0.2) is 246 Å². The Hall–Kier alpha value is -8.98. The molecule has 3 unspecified atom stereocenters. The van der Waals surface area contributed by atoms with Crippen molar-refractivity contribution in [3.05, 3.63) is 116 Å². The van der Waals surface area contributed by atoms with Crippen LogP contribution >= 0.6 is 11.3 Å². The van der Waals surface area contributed by atoms with Gasteiger partial charge in [0, 0.05) is 85.4 Å². The van der Waals surface area contributed by atoms with Crippen LogP contribution in [0.15, 0.2) is 83.4 Å². The van der Waals surface area contributed by atoms with Crippen molar-refractivity contribution in [2.45, 2.75) is 63.6 Å².